The fourth-order valence-corrected chi connectivity index (χ4v) is 3.03. The Hall–Kier alpha value is -2.86. The van der Waals surface area contributed by atoms with E-state index in [9.17, 15) is 4.79 Å². The summed E-state index contributed by atoms with van der Waals surface area (Å²) in [7, 11) is 0. The van der Waals surface area contributed by atoms with E-state index in [-0.39, 0.29) is 11.8 Å². The number of carbonyl (C=O) groups is 1. The van der Waals surface area contributed by atoms with Crippen LogP contribution in [-0.2, 0) is 4.79 Å². The van der Waals surface area contributed by atoms with Crippen LogP contribution in [0.3, 0.4) is 0 Å². The van der Waals surface area contributed by atoms with Gasteiger partial charge in [0.2, 0.25) is 0 Å². The molecule has 1 atom stereocenters. The number of ether oxygens (including phenoxy) is 1. The van der Waals surface area contributed by atoms with Crippen LogP contribution in [0.2, 0.25) is 5.02 Å². The molecule has 1 heterocycles. The lowest BCUT2D eigenvalue weighted by molar-refractivity contribution is -0.122. The number of para-hydroxylation sites is 1. The van der Waals surface area contributed by atoms with Gasteiger partial charge in [-0.25, -0.2) is 0 Å². The van der Waals surface area contributed by atoms with Crippen LogP contribution in [0.15, 0.2) is 40.9 Å². The van der Waals surface area contributed by atoms with Crippen molar-refractivity contribution in [3.63, 3.8) is 0 Å². The first-order chi connectivity index (χ1) is 13.8. The van der Waals surface area contributed by atoms with Gasteiger partial charge in [-0.2, -0.15) is 4.98 Å². The molecule has 0 aliphatic heterocycles. The number of carbonyl (C=O) groups excluding carboxylic acids is 1. The molecule has 6 nitrogen and oxygen atoms in total. The molecule has 0 bridgehead atoms. The number of hydrogen-bond acceptors (Lipinski definition) is 5. The maximum absolute atomic E-state index is 12.8. The first-order valence-corrected chi connectivity index (χ1v) is 9.81. The number of nitrogens with zero attached hydrogens (tertiary/aromatic N) is 2. The van der Waals surface area contributed by atoms with Gasteiger partial charge >= 0.3 is 0 Å². The van der Waals surface area contributed by atoms with Gasteiger partial charge in [-0.15, -0.1) is 0 Å². The summed E-state index contributed by atoms with van der Waals surface area (Å²) >= 11 is 5.98. The highest BCUT2D eigenvalue weighted by molar-refractivity contribution is 6.30. The summed E-state index contributed by atoms with van der Waals surface area (Å²) in [4.78, 5) is 17.3. The summed E-state index contributed by atoms with van der Waals surface area (Å²) in [5.74, 6) is 1.47. The molecule has 0 saturated carbocycles. The second-order valence-electron chi connectivity index (χ2n) is 7.27. The van der Waals surface area contributed by atoms with Crippen LogP contribution in [0.5, 0.6) is 5.75 Å². The van der Waals surface area contributed by atoms with Gasteiger partial charge in [-0.1, -0.05) is 42.7 Å². The van der Waals surface area contributed by atoms with E-state index >= 15 is 0 Å². The maximum atomic E-state index is 12.8. The Bertz CT molecular complexity index is 1030. The van der Waals surface area contributed by atoms with Gasteiger partial charge in [-0.3, -0.25) is 4.79 Å². The van der Waals surface area contributed by atoms with Crippen molar-refractivity contribution >= 4 is 23.2 Å². The van der Waals surface area contributed by atoms with Gasteiger partial charge in [0.15, 0.2) is 11.9 Å². The molecule has 2 aromatic carbocycles. The van der Waals surface area contributed by atoms with E-state index in [4.69, 9.17) is 20.9 Å². The zero-order valence-corrected chi connectivity index (χ0v) is 17.9. The Kier molecular flexibility index (Phi) is 6.23. The normalized spacial score (nSPS) is 12.1. The second-order valence-corrected chi connectivity index (χ2v) is 7.71. The van der Waals surface area contributed by atoms with Crippen LogP contribution in [0.4, 0.5) is 5.69 Å². The zero-order valence-electron chi connectivity index (χ0n) is 17.1. The Morgan fingerprint density at radius 3 is 2.55 bits per heavy atom. The van der Waals surface area contributed by atoms with E-state index < -0.39 is 6.10 Å². The predicted molar refractivity (Wildman–Crippen MR) is 113 cm³/mol. The van der Waals surface area contributed by atoms with Gasteiger partial charge in [0, 0.05) is 10.9 Å². The van der Waals surface area contributed by atoms with Crippen molar-refractivity contribution < 1.29 is 14.1 Å². The molecular formula is C22H24ClN3O3. The van der Waals surface area contributed by atoms with Crippen LogP contribution in [0.25, 0.3) is 11.5 Å². The zero-order chi connectivity index (χ0) is 21.1. The van der Waals surface area contributed by atoms with Gasteiger partial charge in [-0.05, 0) is 56.2 Å². The largest absolute Gasteiger partial charge is 0.481 e. The number of aromatic nitrogens is 2. The third kappa shape index (κ3) is 4.77. The summed E-state index contributed by atoms with van der Waals surface area (Å²) in [5, 5.41) is 7.59. The van der Waals surface area contributed by atoms with Gasteiger partial charge in [0.1, 0.15) is 5.75 Å². The van der Waals surface area contributed by atoms with Crippen molar-refractivity contribution in [2.45, 2.75) is 46.6 Å². The van der Waals surface area contributed by atoms with Crippen LogP contribution >= 0.6 is 11.6 Å². The minimum atomic E-state index is -0.712. The van der Waals surface area contributed by atoms with Gasteiger partial charge < -0.3 is 14.6 Å². The Morgan fingerprint density at radius 2 is 1.90 bits per heavy atom. The van der Waals surface area contributed by atoms with E-state index in [2.05, 4.69) is 15.5 Å². The lowest BCUT2D eigenvalue weighted by atomic mass is 10.1. The fourth-order valence-electron chi connectivity index (χ4n) is 2.80. The Balaban J connectivity index is 1.82. The third-order valence-corrected chi connectivity index (χ3v) is 4.75. The van der Waals surface area contributed by atoms with Gasteiger partial charge in [0.25, 0.3) is 11.8 Å². The molecule has 7 heteroatoms. The highest BCUT2D eigenvalue weighted by Gasteiger charge is 2.21. The summed E-state index contributed by atoms with van der Waals surface area (Å²) in [6.45, 7) is 9.47. The first kappa shape index (κ1) is 20.9. The summed E-state index contributed by atoms with van der Waals surface area (Å²) in [6, 6.07) is 10.9. The molecule has 3 aromatic rings. The Labute approximate surface area is 175 Å². The van der Waals surface area contributed by atoms with E-state index in [1.165, 1.54) is 0 Å². The van der Waals surface area contributed by atoms with Crippen molar-refractivity contribution in [3.05, 3.63) is 58.4 Å². The molecule has 0 fully saturated rings. The van der Waals surface area contributed by atoms with E-state index in [0.717, 1.165) is 11.1 Å². The smallest absolute Gasteiger partial charge is 0.265 e. The lowest BCUT2D eigenvalue weighted by Crippen LogP contribution is -2.30. The van der Waals surface area contributed by atoms with Crippen LogP contribution in [0, 0.1) is 13.8 Å². The molecule has 29 heavy (non-hydrogen) atoms. The summed E-state index contributed by atoms with van der Waals surface area (Å²) < 4.78 is 11.2. The molecule has 1 amide bonds. The first-order valence-electron chi connectivity index (χ1n) is 9.43. The molecular weight excluding hydrogens is 390 g/mol. The number of nitrogens with one attached hydrogen (secondary N) is 1. The number of rotatable bonds is 6. The maximum Gasteiger partial charge on any atom is 0.265 e. The molecule has 0 spiro atoms. The van der Waals surface area contributed by atoms with E-state index in [1.54, 1.807) is 25.1 Å². The molecule has 1 N–H and O–H groups in total. The predicted octanol–water partition coefficient (Wildman–Crippen LogP) is 5.54. The van der Waals surface area contributed by atoms with Crippen molar-refractivity contribution in [3.8, 4) is 17.2 Å². The van der Waals surface area contributed by atoms with E-state index in [0.29, 0.717) is 33.7 Å². The number of benzene rings is 2. The lowest BCUT2D eigenvalue weighted by Gasteiger charge is -2.18. The van der Waals surface area contributed by atoms with Gasteiger partial charge in [0.05, 0.1) is 11.3 Å². The minimum absolute atomic E-state index is 0.145. The standard InChI is InChI=1S/C22H24ClN3O3/c1-12(2)20-25-22(29-26-20)17-8-6-7-13(3)19(17)24-21(27)15(5)28-18-10-9-16(23)11-14(18)4/h6-12,15H,1-5H3,(H,24,27). The molecule has 0 aliphatic carbocycles. The number of halogens is 1. The number of anilines is 1. The minimum Gasteiger partial charge on any atom is -0.481 e. The van der Waals surface area contributed by atoms with E-state index in [1.807, 2.05) is 45.9 Å². The summed E-state index contributed by atoms with van der Waals surface area (Å²) in [5.41, 5.74) is 3.04. The summed E-state index contributed by atoms with van der Waals surface area (Å²) in [6.07, 6.45) is -0.712. The third-order valence-electron chi connectivity index (χ3n) is 4.52. The molecule has 0 radical (unpaired) electrons. The second kappa shape index (κ2) is 8.66. The highest BCUT2D eigenvalue weighted by Crippen LogP contribution is 2.31. The Morgan fingerprint density at radius 1 is 1.14 bits per heavy atom. The average Bonchev–Trinajstić information content (AvgIpc) is 3.15. The molecule has 152 valence electrons. The van der Waals surface area contributed by atoms with Crippen LogP contribution in [0.1, 0.15) is 43.6 Å². The van der Waals surface area contributed by atoms with Crippen molar-refractivity contribution in [1.82, 2.24) is 10.1 Å². The fraction of sp³-hybridized carbons (Fsp3) is 0.318. The van der Waals surface area contributed by atoms with Crippen LogP contribution < -0.4 is 10.1 Å². The van der Waals surface area contributed by atoms with Crippen molar-refractivity contribution in [2.75, 3.05) is 5.32 Å². The number of amides is 1. The van der Waals surface area contributed by atoms with Crippen molar-refractivity contribution in [2.24, 2.45) is 0 Å². The van der Waals surface area contributed by atoms with Crippen LogP contribution in [-0.4, -0.2) is 22.2 Å². The molecule has 1 unspecified atom stereocenters. The molecule has 0 aliphatic rings. The average molecular weight is 414 g/mol. The number of hydrogen-bond donors (Lipinski definition) is 1. The quantitative estimate of drug-likeness (QED) is 0.574. The highest BCUT2D eigenvalue weighted by atomic mass is 35.5. The monoisotopic (exact) mass is 413 g/mol. The molecule has 1 aromatic heterocycles. The van der Waals surface area contributed by atoms with Crippen molar-refractivity contribution in [1.29, 1.82) is 0 Å². The number of aryl methyl sites for hydroxylation is 2. The SMILES string of the molecule is Cc1cc(Cl)ccc1OC(C)C(=O)Nc1c(C)cccc1-c1nc(C(C)C)no1. The molecule has 0 saturated heterocycles. The molecule has 3 rings (SSSR count). The topological polar surface area (TPSA) is 77.2 Å².